The number of aliphatic hydroxyl groups excluding tert-OH is 1. The first-order valence-corrected chi connectivity index (χ1v) is 15.9. The lowest BCUT2D eigenvalue weighted by molar-refractivity contribution is -0.133. The van der Waals surface area contributed by atoms with Crippen LogP contribution in [-0.2, 0) is 36.7 Å². The number of likely N-dealkylation sites (N-methyl/N-ethyl adjacent to an activating group) is 1. The van der Waals surface area contributed by atoms with Crippen LogP contribution in [0.2, 0.25) is 0 Å². The van der Waals surface area contributed by atoms with E-state index in [9.17, 15) is 39.3 Å². The van der Waals surface area contributed by atoms with Crippen LogP contribution in [0.25, 0.3) is 11.1 Å². The summed E-state index contributed by atoms with van der Waals surface area (Å²) in [5, 5.41) is 44.8. The Morgan fingerprint density at radius 1 is 0.837 bits per heavy atom. The zero-order valence-electron chi connectivity index (χ0n) is 28.8. The van der Waals surface area contributed by atoms with Gasteiger partial charge in [-0.15, -0.1) is 0 Å². The fraction of sp³-hybridized carbons (Fsp3) is 0.500. The van der Waals surface area contributed by atoms with Crippen molar-refractivity contribution in [1.29, 1.82) is 0 Å². The van der Waals surface area contributed by atoms with Crippen LogP contribution in [-0.4, -0.2) is 94.3 Å². The van der Waals surface area contributed by atoms with Crippen molar-refractivity contribution < 1.29 is 48.8 Å². The highest BCUT2D eigenvalue weighted by Crippen LogP contribution is 2.31. The van der Waals surface area contributed by atoms with Gasteiger partial charge in [-0.2, -0.15) is 0 Å². The maximum absolute atomic E-state index is 13.9. The number of ether oxygens (including phenoxy) is 2. The van der Waals surface area contributed by atoms with Gasteiger partial charge in [0.25, 0.3) is 0 Å². The summed E-state index contributed by atoms with van der Waals surface area (Å²) in [5.74, 6) is -2.65. The standard InChI is InChI=1S/C34H47N5O10/c1-33(2,3)48-31(46)36-17-22(40)16-25-30(45)37-23(28(43)35-7)14-20-12-18(8-10-26(20)41)19-9-11-27(42)21(13-19)15-24(29(44)38-25)39-32(47)49-34(4,5)6/h8-13,22-25,40-42H,14-17H2,1-7H3,(H,35,43)(H,36,46)(H,37,45)(H,38,44)(H,39,47)/t22-,23+,24+,25+/m1/s1. The Bertz CT molecular complexity index is 1550. The lowest BCUT2D eigenvalue weighted by Gasteiger charge is -2.27. The van der Waals surface area contributed by atoms with Gasteiger partial charge in [0, 0.05) is 32.9 Å². The van der Waals surface area contributed by atoms with E-state index in [0.717, 1.165) is 0 Å². The Kier molecular flexibility index (Phi) is 12.5. The van der Waals surface area contributed by atoms with Gasteiger partial charge in [-0.1, -0.05) is 12.1 Å². The number of aromatic hydroxyl groups is 2. The van der Waals surface area contributed by atoms with E-state index in [2.05, 4.69) is 26.6 Å². The maximum atomic E-state index is 13.9. The van der Waals surface area contributed by atoms with E-state index in [1.54, 1.807) is 65.8 Å². The second-order valence-corrected chi connectivity index (χ2v) is 13.8. The molecule has 0 spiro atoms. The van der Waals surface area contributed by atoms with Crippen LogP contribution in [0.5, 0.6) is 11.5 Å². The first-order valence-electron chi connectivity index (χ1n) is 15.9. The third kappa shape index (κ3) is 11.9. The predicted molar refractivity (Wildman–Crippen MR) is 179 cm³/mol. The number of hydrogen-bond donors (Lipinski definition) is 8. The van der Waals surface area contributed by atoms with Crippen LogP contribution in [0.4, 0.5) is 9.59 Å². The number of alkyl carbamates (subject to hydrolysis) is 2. The van der Waals surface area contributed by atoms with Crippen molar-refractivity contribution in [3.05, 3.63) is 47.5 Å². The monoisotopic (exact) mass is 685 g/mol. The molecule has 15 heteroatoms. The molecule has 49 heavy (non-hydrogen) atoms. The highest BCUT2D eigenvalue weighted by molar-refractivity contribution is 5.94. The van der Waals surface area contributed by atoms with Crippen molar-refractivity contribution in [3.8, 4) is 22.6 Å². The van der Waals surface area contributed by atoms with Crippen molar-refractivity contribution in [2.75, 3.05) is 13.6 Å². The maximum Gasteiger partial charge on any atom is 0.408 e. The molecule has 268 valence electrons. The molecule has 4 atom stereocenters. The van der Waals surface area contributed by atoms with Gasteiger partial charge in [0.1, 0.15) is 40.8 Å². The van der Waals surface area contributed by atoms with Gasteiger partial charge >= 0.3 is 12.2 Å². The van der Waals surface area contributed by atoms with Gasteiger partial charge in [-0.25, -0.2) is 9.59 Å². The number of benzene rings is 2. The smallest absolute Gasteiger partial charge is 0.408 e. The number of hydrogen-bond acceptors (Lipinski definition) is 10. The Balaban J connectivity index is 2.07. The third-order valence-corrected chi connectivity index (χ3v) is 7.25. The topological polar surface area (TPSA) is 225 Å². The molecule has 4 bridgehead atoms. The number of aliphatic hydroxyl groups is 1. The van der Waals surface area contributed by atoms with Crippen molar-refractivity contribution in [3.63, 3.8) is 0 Å². The number of nitrogens with one attached hydrogen (secondary N) is 5. The highest BCUT2D eigenvalue weighted by atomic mass is 16.6. The summed E-state index contributed by atoms with van der Waals surface area (Å²) in [4.78, 5) is 65.6. The Labute approximate surface area is 285 Å². The highest BCUT2D eigenvalue weighted by Gasteiger charge is 2.33. The molecule has 2 aromatic rings. The number of carbonyl (C=O) groups is 5. The summed E-state index contributed by atoms with van der Waals surface area (Å²) in [6.07, 6.45) is -3.97. The molecule has 15 nitrogen and oxygen atoms in total. The fourth-order valence-corrected chi connectivity index (χ4v) is 4.99. The zero-order chi connectivity index (χ0) is 36.7. The summed E-state index contributed by atoms with van der Waals surface area (Å²) >= 11 is 0. The minimum Gasteiger partial charge on any atom is -0.508 e. The molecular formula is C34H47N5O10. The zero-order valence-corrected chi connectivity index (χ0v) is 28.8. The largest absolute Gasteiger partial charge is 0.508 e. The lowest BCUT2D eigenvalue weighted by Crippen LogP contribution is -2.58. The molecule has 5 amide bonds. The first kappa shape index (κ1) is 38.4. The van der Waals surface area contributed by atoms with Crippen molar-refractivity contribution in [2.45, 2.75) is 96.2 Å². The molecule has 0 fully saturated rings. The SMILES string of the molecule is CNC(=O)[C@@H]1Cc2cc(ccc2O)-c2ccc(O)c(c2)C[C@H](NC(=O)OC(C)(C)C)C(=O)N[C@@H](C[C@@H](O)CNC(=O)OC(C)(C)C)C(=O)N1. The van der Waals surface area contributed by atoms with Crippen LogP contribution >= 0.6 is 0 Å². The van der Waals surface area contributed by atoms with Crippen LogP contribution in [0, 0.1) is 0 Å². The first-order chi connectivity index (χ1) is 22.7. The van der Waals surface area contributed by atoms with Crippen molar-refractivity contribution >= 4 is 29.9 Å². The van der Waals surface area contributed by atoms with Crippen molar-refractivity contribution in [2.24, 2.45) is 0 Å². The molecule has 0 saturated carbocycles. The van der Waals surface area contributed by atoms with E-state index < -0.39 is 71.8 Å². The second-order valence-electron chi connectivity index (χ2n) is 13.8. The summed E-state index contributed by atoms with van der Waals surface area (Å²) in [7, 11) is 1.37. The molecule has 1 aliphatic heterocycles. The van der Waals surface area contributed by atoms with E-state index in [4.69, 9.17) is 9.47 Å². The number of phenols is 2. The number of carbonyl (C=O) groups excluding carboxylic acids is 5. The van der Waals surface area contributed by atoms with Crippen LogP contribution in [0.3, 0.4) is 0 Å². The number of amides is 5. The molecule has 0 aromatic heterocycles. The molecule has 0 saturated heterocycles. The normalized spacial score (nSPS) is 19.1. The van der Waals surface area contributed by atoms with Gasteiger partial charge in [-0.3, -0.25) is 14.4 Å². The molecule has 3 rings (SSSR count). The molecule has 8 N–H and O–H groups in total. The van der Waals surface area contributed by atoms with Gasteiger partial charge in [0.2, 0.25) is 17.7 Å². The summed E-state index contributed by atoms with van der Waals surface area (Å²) < 4.78 is 10.6. The summed E-state index contributed by atoms with van der Waals surface area (Å²) in [5.41, 5.74) is 0.0675. The molecule has 1 aliphatic rings. The number of phenolic OH excluding ortho intramolecular Hbond substituents is 2. The fourth-order valence-electron chi connectivity index (χ4n) is 4.99. The summed E-state index contributed by atoms with van der Waals surface area (Å²) in [6.45, 7) is 9.55. The van der Waals surface area contributed by atoms with E-state index in [1.165, 1.54) is 19.2 Å². The van der Waals surface area contributed by atoms with Crippen LogP contribution in [0.1, 0.15) is 59.1 Å². The Morgan fingerprint density at radius 2 is 1.37 bits per heavy atom. The number of rotatable bonds is 6. The van der Waals surface area contributed by atoms with Gasteiger partial charge in [0.05, 0.1) is 6.10 Å². The van der Waals surface area contributed by atoms with E-state index in [0.29, 0.717) is 16.7 Å². The van der Waals surface area contributed by atoms with E-state index >= 15 is 0 Å². The second kappa shape index (κ2) is 15.9. The average molecular weight is 686 g/mol. The summed E-state index contributed by atoms with van der Waals surface area (Å²) in [6, 6.07) is 5.26. The molecule has 0 unspecified atom stereocenters. The van der Waals surface area contributed by atoms with Crippen molar-refractivity contribution in [1.82, 2.24) is 26.6 Å². The molecule has 0 radical (unpaired) electrons. The van der Waals surface area contributed by atoms with Gasteiger partial charge in [0.15, 0.2) is 0 Å². The van der Waals surface area contributed by atoms with Crippen LogP contribution in [0.15, 0.2) is 36.4 Å². The van der Waals surface area contributed by atoms with E-state index in [-0.39, 0.29) is 36.4 Å². The Hall–Kier alpha value is -5.05. The van der Waals surface area contributed by atoms with Gasteiger partial charge in [-0.05, 0) is 88.1 Å². The lowest BCUT2D eigenvalue weighted by atomic mass is 9.95. The molecule has 0 aliphatic carbocycles. The van der Waals surface area contributed by atoms with Gasteiger partial charge < -0.3 is 51.4 Å². The minimum atomic E-state index is -1.50. The molecule has 2 aromatic carbocycles. The van der Waals surface area contributed by atoms with Crippen LogP contribution < -0.4 is 26.6 Å². The average Bonchev–Trinajstić information content (AvgIpc) is 2.98. The quantitative estimate of drug-likeness (QED) is 0.220. The molecule has 1 heterocycles. The molecular weight excluding hydrogens is 638 g/mol. The number of fused-ring (bicyclic) bond motifs is 5. The third-order valence-electron chi connectivity index (χ3n) is 7.25. The Morgan fingerprint density at radius 3 is 1.90 bits per heavy atom. The minimum absolute atomic E-state index is 0.134. The van der Waals surface area contributed by atoms with E-state index in [1.807, 2.05) is 0 Å². The predicted octanol–water partition coefficient (Wildman–Crippen LogP) is 1.75.